The Morgan fingerprint density at radius 1 is 1.05 bits per heavy atom. The van der Waals surface area contributed by atoms with Crippen LogP contribution in [0.1, 0.15) is 47.3 Å². The minimum atomic E-state index is -0.819. The summed E-state index contributed by atoms with van der Waals surface area (Å²) in [4.78, 5) is 34.7. The van der Waals surface area contributed by atoms with Crippen LogP contribution in [0.2, 0.25) is 5.02 Å². The van der Waals surface area contributed by atoms with E-state index in [1.165, 1.54) is 30.5 Å². The highest BCUT2D eigenvalue weighted by atomic mass is 35.5. The first-order valence-corrected chi connectivity index (χ1v) is 14.4. The Morgan fingerprint density at radius 2 is 1.74 bits per heavy atom. The molecular formula is C30H33ClF2N6O3. The topological polar surface area (TPSA) is 94.9 Å². The summed E-state index contributed by atoms with van der Waals surface area (Å²) in [6.07, 6.45) is 3.56. The lowest BCUT2D eigenvalue weighted by atomic mass is 10.0. The first-order valence-electron chi connectivity index (χ1n) is 14.0. The predicted octanol–water partition coefficient (Wildman–Crippen LogP) is 5.20. The molecule has 2 aromatic carbocycles. The molecule has 1 N–H and O–H groups in total. The average Bonchev–Trinajstić information content (AvgIpc) is 2.99. The highest BCUT2D eigenvalue weighted by Crippen LogP contribution is 2.27. The van der Waals surface area contributed by atoms with Crippen molar-refractivity contribution in [3.05, 3.63) is 98.2 Å². The number of carbonyl (C=O) groups is 1. The van der Waals surface area contributed by atoms with Crippen LogP contribution in [0.4, 0.5) is 20.3 Å². The summed E-state index contributed by atoms with van der Waals surface area (Å²) in [5, 5.41) is 14.2. The van der Waals surface area contributed by atoms with Crippen molar-refractivity contribution < 1.29 is 18.5 Å². The zero-order valence-corrected chi connectivity index (χ0v) is 24.1. The molecule has 3 heterocycles. The number of hydrogen-bond donors (Lipinski definition) is 1. The van der Waals surface area contributed by atoms with Gasteiger partial charge in [-0.15, -0.1) is 0 Å². The highest BCUT2D eigenvalue weighted by molar-refractivity contribution is 6.33. The van der Waals surface area contributed by atoms with Crippen LogP contribution in [-0.4, -0.2) is 70.9 Å². The van der Waals surface area contributed by atoms with Crippen LogP contribution in [0.15, 0.2) is 54.7 Å². The van der Waals surface area contributed by atoms with Gasteiger partial charge in [0.2, 0.25) is 0 Å². The summed E-state index contributed by atoms with van der Waals surface area (Å²) < 4.78 is 26.8. The molecular weight excluding hydrogens is 566 g/mol. The Balaban J connectivity index is 1.10. The van der Waals surface area contributed by atoms with Crippen LogP contribution >= 0.6 is 11.6 Å². The molecule has 42 heavy (non-hydrogen) atoms. The molecule has 1 aromatic heterocycles. The minimum Gasteiger partial charge on any atom is -0.353 e. The Morgan fingerprint density at radius 3 is 2.36 bits per heavy atom. The van der Waals surface area contributed by atoms with Gasteiger partial charge >= 0.3 is 0 Å². The molecule has 0 saturated carbocycles. The maximum Gasteiger partial charge on any atom is 0.269 e. The smallest absolute Gasteiger partial charge is 0.269 e. The minimum absolute atomic E-state index is 0.00705. The van der Waals surface area contributed by atoms with Gasteiger partial charge in [-0.2, -0.15) is 0 Å². The third-order valence-corrected chi connectivity index (χ3v) is 8.39. The summed E-state index contributed by atoms with van der Waals surface area (Å²) in [5.41, 5.74) is 1.86. The fraction of sp³-hybridized carbons (Fsp3) is 0.400. The number of benzene rings is 2. The number of nitro benzene ring substituents is 1. The Bertz CT molecular complexity index is 1430. The van der Waals surface area contributed by atoms with Gasteiger partial charge in [-0.3, -0.25) is 24.7 Å². The molecule has 5 rings (SSSR count). The van der Waals surface area contributed by atoms with Gasteiger partial charge in [-0.25, -0.2) is 13.8 Å². The number of piperazine rings is 1. The number of carbonyl (C=O) groups excluding carboxylic acids is 1. The number of likely N-dealkylation sites (tertiary alicyclic amines) is 1. The van der Waals surface area contributed by atoms with Crippen molar-refractivity contribution in [3.63, 3.8) is 0 Å². The summed E-state index contributed by atoms with van der Waals surface area (Å²) in [5.74, 6) is -1.30. The van der Waals surface area contributed by atoms with Crippen LogP contribution in [0, 0.1) is 21.7 Å². The summed E-state index contributed by atoms with van der Waals surface area (Å²) in [7, 11) is 0. The van der Waals surface area contributed by atoms with E-state index in [0.29, 0.717) is 29.0 Å². The van der Waals surface area contributed by atoms with E-state index in [1.807, 2.05) is 0 Å². The standard InChI is InChI=1S/C30H33ClF2N6O3/c1-20(22-3-5-25(6-4-22)39(41)42)35-30(40)23-17-26(31)29(34-18-23)38-14-12-37(13-15-38)24-8-10-36(11-9-24)19-21-2-7-27(32)28(33)16-21/h2-7,16-18,20,24H,8-15,19H2,1H3,(H,35,40). The number of nitrogens with zero attached hydrogens (tertiary/aromatic N) is 5. The lowest BCUT2D eigenvalue weighted by Crippen LogP contribution is -2.53. The molecule has 2 fully saturated rings. The summed E-state index contributed by atoms with van der Waals surface area (Å²) in [6, 6.07) is 11.9. The number of hydrogen-bond acceptors (Lipinski definition) is 7. The number of nitro groups is 1. The fourth-order valence-corrected chi connectivity index (χ4v) is 5.96. The number of nitrogens with one attached hydrogen (secondary N) is 1. The SMILES string of the molecule is CC(NC(=O)c1cnc(N2CCN(C3CCN(Cc4ccc(F)c(F)c4)CC3)CC2)c(Cl)c1)c1ccc([N+](=O)[O-])cc1. The molecule has 9 nitrogen and oxygen atoms in total. The van der Waals surface area contributed by atoms with Crippen LogP contribution < -0.4 is 10.2 Å². The molecule has 0 spiro atoms. The quantitative estimate of drug-likeness (QED) is 0.281. The maximum atomic E-state index is 13.6. The molecule has 12 heteroatoms. The average molecular weight is 599 g/mol. The highest BCUT2D eigenvalue weighted by Gasteiger charge is 2.29. The van der Waals surface area contributed by atoms with Gasteiger partial charge < -0.3 is 10.2 Å². The van der Waals surface area contributed by atoms with Gasteiger partial charge in [0, 0.05) is 57.1 Å². The Labute approximate surface area is 248 Å². The summed E-state index contributed by atoms with van der Waals surface area (Å²) in [6.45, 7) is 7.52. The molecule has 2 saturated heterocycles. The molecule has 1 amide bonds. The maximum absolute atomic E-state index is 13.6. The van der Waals surface area contributed by atoms with Crippen LogP contribution in [-0.2, 0) is 6.54 Å². The molecule has 222 valence electrons. The van der Waals surface area contributed by atoms with Gasteiger partial charge in [0.05, 0.1) is 21.6 Å². The van der Waals surface area contributed by atoms with Gasteiger partial charge in [-0.05, 0) is 62.2 Å². The van der Waals surface area contributed by atoms with Crippen molar-refractivity contribution in [2.75, 3.05) is 44.2 Å². The first-order chi connectivity index (χ1) is 20.2. The number of amides is 1. The number of piperidine rings is 1. The molecule has 0 aliphatic carbocycles. The second-order valence-electron chi connectivity index (χ2n) is 10.9. The van der Waals surface area contributed by atoms with E-state index < -0.39 is 16.6 Å². The van der Waals surface area contributed by atoms with Crippen molar-refractivity contribution in [1.82, 2.24) is 20.1 Å². The number of pyridine rings is 1. The van der Waals surface area contributed by atoms with Gasteiger partial charge in [0.15, 0.2) is 11.6 Å². The van der Waals surface area contributed by atoms with Crippen LogP contribution in [0.25, 0.3) is 0 Å². The van der Waals surface area contributed by atoms with Crippen LogP contribution in [0.5, 0.6) is 0 Å². The van der Waals surface area contributed by atoms with Crippen molar-refractivity contribution in [1.29, 1.82) is 0 Å². The monoisotopic (exact) mass is 598 g/mol. The van der Waals surface area contributed by atoms with E-state index in [-0.39, 0.29) is 17.6 Å². The molecule has 0 radical (unpaired) electrons. The van der Waals surface area contributed by atoms with E-state index in [9.17, 15) is 23.7 Å². The van der Waals surface area contributed by atoms with Crippen molar-refractivity contribution in [3.8, 4) is 0 Å². The van der Waals surface area contributed by atoms with Crippen molar-refractivity contribution in [2.45, 2.75) is 38.4 Å². The molecule has 3 aromatic rings. The van der Waals surface area contributed by atoms with E-state index >= 15 is 0 Å². The number of aromatic nitrogens is 1. The Hall–Kier alpha value is -3.67. The molecule has 1 unspecified atom stereocenters. The van der Waals surface area contributed by atoms with Gasteiger partial charge in [-0.1, -0.05) is 29.8 Å². The van der Waals surface area contributed by atoms with Gasteiger partial charge in [0.25, 0.3) is 11.6 Å². The molecule has 0 bridgehead atoms. The molecule has 2 aliphatic rings. The first kappa shape index (κ1) is 29.8. The summed E-state index contributed by atoms with van der Waals surface area (Å²) >= 11 is 6.58. The molecule has 1 atom stereocenters. The van der Waals surface area contributed by atoms with E-state index in [0.717, 1.165) is 63.2 Å². The lowest BCUT2D eigenvalue weighted by Gasteiger charge is -2.43. The zero-order chi connectivity index (χ0) is 29.8. The zero-order valence-electron chi connectivity index (χ0n) is 23.3. The Kier molecular flexibility index (Phi) is 9.30. The number of non-ortho nitro benzene ring substituents is 1. The predicted molar refractivity (Wildman–Crippen MR) is 157 cm³/mol. The second kappa shape index (κ2) is 13.1. The second-order valence-corrected chi connectivity index (χ2v) is 11.3. The normalized spacial score (nSPS) is 17.7. The van der Waals surface area contributed by atoms with Crippen molar-refractivity contribution >= 4 is 29.0 Å². The third kappa shape index (κ3) is 7.03. The fourth-order valence-electron chi connectivity index (χ4n) is 5.67. The van der Waals surface area contributed by atoms with Crippen molar-refractivity contribution in [2.24, 2.45) is 0 Å². The number of rotatable bonds is 8. The van der Waals surface area contributed by atoms with Gasteiger partial charge in [0.1, 0.15) is 5.82 Å². The lowest BCUT2D eigenvalue weighted by molar-refractivity contribution is -0.384. The number of halogens is 3. The number of anilines is 1. The van der Waals surface area contributed by atoms with E-state index in [2.05, 4.69) is 25.0 Å². The molecule has 2 aliphatic heterocycles. The van der Waals surface area contributed by atoms with E-state index in [1.54, 1.807) is 31.2 Å². The largest absolute Gasteiger partial charge is 0.353 e. The third-order valence-electron chi connectivity index (χ3n) is 8.11. The van der Waals surface area contributed by atoms with Crippen LogP contribution in [0.3, 0.4) is 0 Å². The van der Waals surface area contributed by atoms with E-state index in [4.69, 9.17) is 11.6 Å².